The van der Waals surface area contributed by atoms with Gasteiger partial charge in [0.05, 0.1) is 0 Å². The van der Waals surface area contributed by atoms with Crippen molar-refractivity contribution in [3.63, 3.8) is 0 Å². The zero-order valence-corrected chi connectivity index (χ0v) is 11.4. The average Bonchev–Trinajstić information content (AvgIpc) is 3.18. The second-order valence-electron chi connectivity index (χ2n) is 5.70. The van der Waals surface area contributed by atoms with Crippen molar-refractivity contribution in [1.29, 1.82) is 0 Å². The fourth-order valence-electron chi connectivity index (χ4n) is 3.00. The van der Waals surface area contributed by atoms with Crippen molar-refractivity contribution in [2.45, 2.75) is 25.3 Å². The molecule has 1 saturated heterocycles. The van der Waals surface area contributed by atoms with E-state index in [2.05, 4.69) is 5.32 Å². The Labute approximate surface area is 117 Å². The summed E-state index contributed by atoms with van der Waals surface area (Å²) in [4.78, 5) is 14.3. The molecule has 20 heavy (non-hydrogen) atoms. The summed E-state index contributed by atoms with van der Waals surface area (Å²) in [5.74, 6) is -1.25. The topological polar surface area (TPSA) is 32.3 Å². The Balaban J connectivity index is 1.70. The van der Waals surface area contributed by atoms with Gasteiger partial charge < -0.3 is 10.2 Å². The van der Waals surface area contributed by atoms with E-state index in [4.69, 9.17) is 0 Å². The van der Waals surface area contributed by atoms with Crippen LogP contribution in [0.1, 0.15) is 24.8 Å². The summed E-state index contributed by atoms with van der Waals surface area (Å²) in [6.45, 7) is 4.32. The fourth-order valence-corrected chi connectivity index (χ4v) is 3.00. The standard InChI is InChI=1S/C15H18F2N2O/c1-9-8-18-4-5-19(9)15(20)13-7-12(13)11-3-2-10(16)6-14(11)17/h2-3,6,9,12-13,18H,4-5,7-8H2,1H3. The van der Waals surface area contributed by atoms with E-state index >= 15 is 0 Å². The van der Waals surface area contributed by atoms with E-state index in [0.717, 1.165) is 19.2 Å². The maximum absolute atomic E-state index is 13.7. The number of hydrogen-bond donors (Lipinski definition) is 1. The molecule has 0 radical (unpaired) electrons. The Kier molecular flexibility index (Phi) is 3.46. The number of amides is 1. The lowest BCUT2D eigenvalue weighted by molar-refractivity contribution is -0.135. The Hall–Kier alpha value is -1.49. The SMILES string of the molecule is CC1CNCCN1C(=O)C1CC1c1ccc(F)cc1F. The van der Waals surface area contributed by atoms with Gasteiger partial charge in [-0.3, -0.25) is 4.79 Å². The summed E-state index contributed by atoms with van der Waals surface area (Å²) in [5, 5.41) is 3.24. The van der Waals surface area contributed by atoms with Gasteiger partial charge in [0.25, 0.3) is 0 Å². The first-order chi connectivity index (χ1) is 9.58. The lowest BCUT2D eigenvalue weighted by Crippen LogP contribution is -2.52. The number of hydrogen-bond acceptors (Lipinski definition) is 2. The number of rotatable bonds is 2. The first-order valence-corrected chi connectivity index (χ1v) is 7.04. The third-order valence-electron chi connectivity index (χ3n) is 4.25. The van der Waals surface area contributed by atoms with Crippen LogP contribution in [0.15, 0.2) is 18.2 Å². The van der Waals surface area contributed by atoms with Crippen molar-refractivity contribution in [1.82, 2.24) is 10.2 Å². The normalized spacial score (nSPS) is 29.4. The number of carbonyl (C=O) groups is 1. The van der Waals surface area contributed by atoms with Gasteiger partial charge in [0.1, 0.15) is 11.6 Å². The van der Waals surface area contributed by atoms with Crippen LogP contribution in [0.3, 0.4) is 0 Å². The zero-order chi connectivity index (χ0) is 14.3. The monoisotopic (exact) mass is 280 g/mol. The molecule has 5 heteroatoms. The number of piperazine rings is 1. The third kappa shape index (κ3) is 2.42. The lowest BCUT2D eigenvalue weighted by atomic mass is 10.1. The number of halogens is 2. The molecular formula is C15H18F2N2O. The van der Waals surface area contributed by atoms with Crippen LogP contribution < -0.4 is 5.32 Å². The van der Waals surface area contributed by atoms with Crippen LogP contribution in [0.5, 0.6) is 0 Å². The Morgan fingerprint density at radius 1 is 1.40 bits per heavy atom. The highest BCUT2D eigenvalue weighted by Gasteiger charge is 2.47. The summed E-state index contributed by atoms with van der Waals surface area (Å²) >= 11 is 0. The summed E-state index contributed by atoms with van der Waals surface area (Å²) in [6.07, 6.45) is 0.665. The van der Waals surface area contributed by atoms with Gasteiger partial charge in [-0.1, -0.05) is 6.07 Å². The highest BCUT2D eigenvalue weighted by atomic mass is 19.1. The highest BCUT2D eigenvalue weighted by Crippen LogP contribution is 2.49. The van der Waals surface area contributed by atoms with Gasteiger partial charge in [0.2, 0.25) is 5.91 Å². The van der Waals surface area contributed by atoms with E-state index in [1.54, 1.807) is 0 Å². The molecule has 3 unspecified atom stereocenters. The van der Waals surface area contributed by atoms with Gasteiger partial charge in [-0.15, -0.1) is 0 Å². The van der Waals surface area contributed by atoms with Crippen LogP contribution in [-0.4, -0.2) is 36.5 Å². The van der Waals surface area contributed by atoms with Gasteiger partial charge in [-0.2, -0.15) is 0 Å². The summed E-state index contributed by atoms with van der Waals surface area (Å²) in [5.41, 5.74) is 0.465. The number of carbonyl (C=O) groups excluding carboxylic acids is 1. The molecule has 3 atom stereocenters. The number of nitrogens with one attached hydrogen (secondary N) is 1. The zero-order valence-electron chi connectivity index (χ0n) is 11.4. The van der Waals surface area contributed by atoms with E-state index in [1.165, 1.54) is 12.1 Å². The van der Waals surface area contributed by atoms with Crippen molar-refractivity contribution in [3.05, 3.63) is 35.4 Å². The van der Waals surface area contributed by atoms with E-state index in [9.17, 15) is 13.6 Å². The van der Waals surface area contributed by atoms with Crippen molar-refractivity contribution < 1.29 is 13.6 Å². The first-order valence-electron chi connectivity index (χ1n) is 7.04. The van der Waals surface area contributed by atoms with Crippen LogP contribution in [-0.2, 0) is 4.79 Å². The molecule has 1 aliphatic heterocycles. The lowest BCUT2D eigenvalue weighted by Gasteiger charge is -2.34. The molecule has 2 fully saturated rings. The molecule has 1 aromatic carbocycles. The summed E-state index contributed by atoms with van der Waals surface area (Å²) < 4.78 is 26.6. The molecule has 0 spiro atoms. The minimum atomic E-state index is -0.578. The molecule has 1 heterocycles. The average molecular weight is 280 g/mol. The molecule has 108 valence electrons. The van der Waals surface area contributed by atoms with Crippen LogP contribution in [0.2, 0.25) is 0 Å². The maximum Gasteiger partial charge on any atom is 0.226 e. The van der Waals surface area contributed by atoms with E-state index < -0.39 is 11.6 Å². The molecule has 0 aromatic heterocycles. The van der Waals surface area contributed by atoms with Crippen LogP contribution >= 0.6 is 0 Å². The van der Waals surface area contributed by atoms with Crippen molar-refractivity contribution >= 4 is 5.91 Å². The molecule has 3 rings (SSSR count). The fraction of sp³-hybridized carbons (Fsp3) is 0.533. The number of benzene rings is 1. The predicted molar refractivity (Wildman–Crippen MR) is 71.3 cm³/mol. The second-order valence-corrected chi connectivity index (χ2v) is 5.70. The maximum atomic E-state index is 13.7. The molecule has 3 nitrogen and oxygen atoms in total. The van der Waals surface area contributed by atoms with Gasteiger partial charge in [-0.25, -0.2) is 8.78 Å². The van der Waals surface area contributed by atoms with Crippen LogP contribution in [0.4, 0.5) is 8.78 Å². The molecule has 1 saturated carbocycles. The molecule has 1 amide bonds. The van der Waals surface area contributed by atoms with E-state index in [-0.39, 0.29) is 23.8 Å². The van der Waals surface area contributed by atoms with Gasteiger partial charge in [0, 0.05) is 37.7 Å². The highest BCUT2D eigenvalue weighted by molar-refractivity contribution is 5.83. The van der Waals surface area contributed by atoms with E-state index in [0.29, 0.717) is 18.5 Å². The predicted octanol–water partition coefficient (Wildman–Crippen LogP) is 1.89. The largest absolute Gasteiger partial charge is 0.337 e. The second kappa shape index (κ2) is 5.13. The third-order valence-corrected chi connectivity index (χ3v) is 4.25. The summed E-state index contributed by atoms with van der Waals surface area (Å²) in [7, 11) is 0. The minimum Gasteiger partial charge on any atom is -0.337 e. The van der Waals surface area contributed by atoms with Crippen LogP contribution in [0.25, 0.3) is 0 Å². The summed E-state index contributed by atoms with van der Waals surface area (Å²) in [6, 6.07) is 3.79. The smallest absolute Gasteiger partial charge is 0.226 e. The quantitative estimate of drug-likeness (QED) is 0.897. The van der Waals surface area contributed by atoms with Gasteiger partial charge >= 0.3 is 0 Å². The first kappa shape index (κ1) is 13.5. The molecule has 2 aliphatic rings. The molecular weight excluding hydrogens is 262 g/mol. The Morgan fingerprint density at radius 3 is 2.90 bits per heavy atom. The van der Waals surface area contributed by atoms with Gasteiger partial charge in [-0.05, 0) is 30.9 Å². The van der Waals surface area contributed by atoms with Crippen molar-refractivity contribution in [3.8, 4) is 0 Å². The van der Waals surface area contributed by atoms with Crippen LogP contribution in [0, 0.1) is 17.6 Å². The molecule has 1 aromatic rings. The van der Waals surface area contributed by atoms with Crippen molar-refractivity contribution in [2.24, 2.45) is 5.92 Å². The Morgan fingerprint density at radius 2 is 2.20 bits per heavy atom. The van der Waals surface area contributed by atoms with E-state index in [1.807, 2.05) is 11.8 Å². The Bertz CT molecular complexity index is 535. The minimum absolute atomic E-state index is 0.0924. The van der Waals surface area contributed by atoms with Gasteiger partial charge in [0.15, 0.2) is 0 Å². The van der Waals surface area contributed by atoms with Crippen molar-refractivity contribution in [2.75, 3.05) is 19.6 Å². The molecule has 1 N–H and O–H groups in total. The number of nitrogens with zero attached hydrogens (tertiary/aromatic N) is 1. The molecule has 0 bridgehead atoms. The molecule has 1 aliphatic carbocycles.